The lowest BCUT2D eigenvalue weighted by molar-refractivity contribution is 0.619. The van der Waals surface area contributed by atoms with Crippen molar-refractivity contribution in [3.8, 4) is 22.0 Å². The monoisotopic (exact) mass is 375 g/mol. The van der Waals surface area contributed by atoms with E-state index in [9.17, 15) is 4.79 Å². The molecule has 7 heteroatoms. The Hall–Kier alpha value is -3.06. The number of aromatic nitrogens is 5. The molecule has 134 valence electrons. The molecule has 1 aromatic carbocycles. The van der Waals surface area contributed by atoms with Crippen molar-refractivity contribution < 1.29 is 0 Å². The van der Waals surface area contributed by atoms with Gasteiger partial charge in [-0.3, -0.25) is 9.55 Å². The first-order chi connectivity index (χ1) is 13.3. The molecule has 3 heterocycles. The largest absolute Gasteiger partial charge is 0.346 e. The second-order valence-corrected chi connectivity index (χ2v) is 7.47. The van der Waals surface area contributed by atoms with Gasteiger partial charge in [0.15, 0.2) is 5.82 Å². The van der Waals surface area contributed by atoms with Crippen molar-refractivity contribution in [3.05, 3.63) is 76.4 Å². The Morgan fingerprint density at radius 1 is 1.07 bits per heavy atom. The van der Waals surface area contributed by atoms with E-state index in [0.29, 0.717) is 12.4 Å². The maximum Gasteiger partial charge on any atom is 0.346 e. The lowest BCUT2D eigenvalue weighted by Gasteiger charge is -2.02. The summed E-state index contributed by atoms with van der Waals surface area (Å²) in [5.41, 5.74) is 2.72. The van der Waals surface area contributed by atoms with Crippen LogP contribution in [0.25, 0.3) is 22.0 Å². The minimum Gasteiger partial charge on any atom is -0.272 e. The van der Waals surface area contributed by atoms with Gasteiger partial charge in [-0.1, -0.05) is 30.3 Å². The Kier molecular flexibility index (Phi) is 3.94. The van der Waals surface area contributed by atoms with E-state index in [-0.39, 0.29) is 11.7 Å². The fourth-order valence-corrected chi connectivity index (χ4v) is 3.94. The number of pyridine rings is 1. The molecule has 0 N–H and O–H groups in total. The van der Waals surface area contributed by atoms with Crippen LogP contribution in [0.15, 0.2) is 65.0 Å². The second-order valence-electron chi connectivity index (χ2n) is 6.62. The standard InChI is InChI=1S/C20H17N5OS/c26-20-24(12-16-13-27-19(22-16)14-5-2-1-3-6-14)23-18(25(20)17-8-9-17)15-7-4-10-21-11-15/h1-7,10-11,13,17H,8-9,12H2. The maximum absolute atomic E-state index is 12.9. The molecule has 0 atom stereocenters. The highest BCUT2D eigenvalue weighted by Crippen LogP contribution is 2.36. The first kappa shape index (κ1) is 16.1. The maximum atomic E-state index is 12.9. The Bertz CT molecular complexity index is 1130. The van der Waals surface area contributed by atoms with Crippen LogP contribution >= 0.6 is 11.3 Å². The quantitative estimate of drug-likeness (QED) is 0.534. The van der Waals surface area contributed by atoms with Crippen LogP contribution < -0.4 is 5.69 Å². The lowest BCUT2D eigenvalue weighted by atomic mass is 10.2. The van der Waals surface area contributed by atoms with Crippen LogP contribution in [0.3, 0.4) is 0 Å². The Morgan fingerprint density at radius 3 is 2.63 bits per heavy atom. The molecule has 1 aliphatic carbocycles. The Labute approximate surface area is 159 Å². The Morgan fingerprint density at radius 2 is 1.89 bits per heavy atom. The van der Waals surface area contributed by atoms with E-state index in [1.165, 1.54) is 4.68 Å². The molecule has 3 aromatic heterocycles. The highest BCUT2D eigenvalue weighted by Gasteiger charge is 2.30. The van der Waals surface area contributed by atoms with E-state index in [1.807, 2.05) is 52.4 Å². The number of thiazole rings is 1. The lowest BCUT2D eigenvalue weighted by Crippen LogP contribution is -2.25. The number of hydrogen-bond acceptors (Lipinski definition) is 5. The van der Waals surface area contributed by atoms with Gasteiger partial charge in [0.05, 0.1) is 12.2 Å². The van der Waals surface area contributed by atoms with Crippen LogP contribution in [0.2, 0.25) is 0 Å². The molecule has 6 nitrogen and oxygen atoms in total. The zero-order valence-electron chi connectivity index (χ0n) is 14.5. The Balaban J connectivity index is 1.50. The molecule has 4 aromatic rings. The molecule has 1 aliphatic rings. The highest BCUT2D eigenvalue weighted by molar-refractivity contribution is 7.13. The summed E-state index contributed by atoms with van der Waals surface area (Å²) >= 11 is 1.58. The summed E-state index contributed by atoms with van der Waals surface area (Å²) in [7, 11) is 0. The van der Waals surface area contributed by atoms with Crippen molar-refractivity contribution in [1.29, 1.82) is 0 Å². The average molecular weight is 375 g/mol. The van der Waals surface area contributed by atoms with Crippen molar-refractivity contribution in [3.63, 3.8) is 0 Å². The molecule has 0 unspecified atom stereocenters. The zero-order chi connectivity index (χ0) is 18.2. The summed E-state index contributed by atoms with van der Waals surface area (Å²) in [6, 6.07) is 14.1. The molecule has 0 amide bonds. The topological polar surface area (TPSA) is 65.6 Å². The van der Waals surface area contributed by atoms with E-state index in [2.05, 4.69) is 15.1 Å². The van der Waals surface area contributed by atoms with Crippen LogP contribution in [0.4, 0.5) is 0 Å². The van der Waals surface area contributed by atoms with E-state index >= 15 is 0 Å². The summed E-state index contributed by atoms with van der Waals surface area (Å²) in [6.07, 6.45) is 5.52. The van der Waals surface area contributed by atoms with E-state index in [0.717, 1.165) is 34.7 Å². The van der Waals surface area contributed by atoms with Gasteiger partial charge >= 0.3 is 5.69 Å². The van der Waals surface area contributed by atoms with Crippen LogP contribution in [0, 0.1) is 0 Å². The molecule has 1 fully saturated rings. The van der Waals surface area contributed by atoms with E-state index in [4.69, 9.17) is 0 Å². The first-order valence-electron chi connectivity index (χ1n) is 8.89. The van der Waals surface area contributed by atoms with Gasteiger partial charge in [-0.2, -0.15) is 0 Å². The van der Waals surface area contributed by atoms with Crippen LogP contribution in [-0.4, -0.2) is 24.3 Å². The molecule has 0 saturated heterocycles. The van der Waals surface area contributed by atoms with Gasteiger partial charge in [0.25, 0.3) is 0 Å². The van der Waals surface area contributed by atoms with Gasteiger partial charge in [-0.15, -0.1) is 16.4 Å². The summed E-state index contributed by atoms with van der Waals surface area (Å²) in [6.45, 7) is 0.370. The molecule has 1 saturated carbocycles. The zero-order valence-corrected chi connectivity index (χ0v) is 15.3. The molecule has 0 radical (unpaired) electrons. The van der Waals surface area contributed by atoms with E-state index < -0.39 is 0 Å². The fourth-order valence-electron chi connectivity index (χ4n) is 3.12. The summed E-state index contributed by atoms with van der Waals surface area (Å²) in [5, 5.41) is 7.56. The van der Waals surface area contributed by atoms with Gasteiger partial charge in [0.1, 0.15) is 5.01 Å². The predicted octanol–water partition coefficient (Wildman–Crippen LogP) is 3.61. The summed E-state index contributed by atoms with van der Waals surface area (Å²) in [4.78, 5) is 21.8. The number of rotatable bonds is 5. The average Bonchev–Trinajstić information content (AvgIpc) is 3.35. The molecule has 0 aliphatic heterocycles. The third kappa shape index (κ3) is 3.10. The number of hydrogen-bond donors (Lipinski definition) is 0. The SMILES string of the molecule is O=c1n(Cc2csc(-c3ccccc3)n2)nc(-c2cccnc2)n1C1CC1. The molecular formula is C20H17N5OS. The van der Waals surface area contributed by atoms with Crippen LogP contribution in [0.5, 0.6) is 0 Å². The van der Waals surface area contributed by atoms with Gasteiger partial charge in [0, 0.05) is 34.9 Å². The molecule has 0 bridgehead atoms. The van der Waals surface area contributed by atoms with Crippen molar-refractivity contribution in [2.24, 2.45) is 0 Å². The van der Waals surface area contributed by atoms with Crippen molar-refractivity contribution in [2.75, 3.05) is 0 Å². The van der Waals surface area contributed by atoms with Gasteiger partial charge in [-0.25, -0.2) is 14.5 Å². The minimum absolute atomic E-state index is 0.0781. The fraction of sp³-hybridized carbons (Fsp3) is 0.200. The molecule has 27 heavy (non-hydrogen) atoms. The predicted molar refractivity (Wildman–Crippen MR) is 105 cm³/mol. The van der Waals surface area contributed by atoms with Crippen molar-refractivity contribution in [1.82, 2.24) is 24.3 Å². The third-order valence-electron chi connectivity index (χ3n) is 4.59. The molecule has 5 rings (SSSR count). The highest BCUT2D eigenvalue weighted by atomic mass is 32.1. The third-order valence-corrected chi connectivity index (χ3v) is 5.53. The number of benzene rings is 1. The second kappa shape index (κ2) is 6.59. The normalized spacial score (nSPS) is 13.8. The van der Waals surface area contributed by atoms with E-state index in [1.54, 1.807) is 23.7 Å². The summed E-state index contributed by atoms with van der Waals surface area (Å²) in [5.74, 6) is 0.689. The van der Waals surface area contributed by atoms with Gasteiger partial charge in [-0.05, 0) is 25.0 Å². The smallest absolute Gasteiger partial charge is 0.272 e. The van der Waals surface area contributed by atoms with Crippen molar-refractivity contribution in [2.45, 2.75) is 25.4 Å². The van der Waals surface area contributed by atoms with Crippen molar-refractivity contribution >= 4 is 11.3 Å². The van der Waals surface area contributed by atoms with Gasteiger partial charge < -0.3 is 0 Å². The molecule has 0 spiro atoms. The first-order valence-corrected chi connectivity index (χ1v) is 9.77. The molecular weight excluding hydrogens is 358 g/mol. The number of nitrogens with zero attached hydrogens (tertiary/aromatic N) is 5. The summed E-state index contributed by atoms with van der Waals surface area (Å²) < 4.78 is 3.33. The van der Waals surface area contributed by atoms with Gasteiger partial charge in [0.2, 0.25) is 0 Å². The minimum atomic E-state index is -0.0781. The van der Waals surface area contributed by atoms with Crippen LogP contribution in [-0.2, 0) is 6.54 Å². The van der Waals surface area contributed by atoms with Crippen LogP contribution in [0.1, 0.15) is 24.6 Å².